The van der Waals surface area contributed by atoms with Crippen LogP contribution in [0, 0.1) is 5.92 Å². The van der Waals surface area contributed by atoms with Gasteiger partial charge in [0.25, 0.3) is 0 Å². The lowest BCUT2D eigenvalue weighted by Crippen LogP contribution is -2.46. The molecule has 3 N–H and O–H groups in total. The van der Waals surface area contributed by atoms with E-state index in [1.54, 1.807) is 7.05 Å². The van der Waals surface area contributed by atoms with Gasteiger partial charge in [-0.05, 0) is 25.7 Å². The number of aliphatic hydroxyl groups is 1. The van der Waals surface area contributed by atoms with Crippen molar-refractivity contribution in [1.82, 2.24) is 15.0 Å². The molecule has 21 heavy (non-hydrogen) atoms. The van der Waals surface area contributed by atoms with E-state index in [0.29, 0.717) is 24.4 Å². The smallest absolute Gasteiger partial charge is 0.323 e. The number of ether oxygens (including phenoxy) is 1. The fourth-order valence-corrected chi connectivity index (χ4v) is 2.91. The molecular weight excluding hydrogens is 270 g/mol. The summed E-state index contributed by atoms with van der Waals surface area (Å²) < 4.78 is 5.36. The van der Waals surface area contributed by atoms with Crippen molar-refractivity contribution in [3.05, 3.63) is 0 Å². The van der Waals surface area contributed by atoms with E-state index in [2.05, 4.69) is 32.5 Å². The fourth-order valence-electron chi connectivity index (χ4n) is 2.91. The summed E-state index contributed by atoms with van der Waals surface area (Å²) in [6, 6.07) is 0.288. The van der Waals surface area contributed by atoms with Gasteiger partial charge in [0.05, 0.1) is 18.8 Å². The van der Waals surface area contributed by atoms with Crippen LogP contribution in [0.1, 0.15) is 39.5 Å². The number of nitrogens with zero attached hydrogens (tertiary/aromatic N) is 3. The Balaban J connectivity index is 2.21. The van der Waals surface area contributed by atoms with E-state index < -0.39 is 0 Å². The first-order valence-electron chi connectivity index (χ1n) is 7.56. The maximum Gasteiger partial charge on any atom is 0.323 e. The molecule has 1 aromatic heterocycles. The first-order valence-corrected chi connectivity index (χ1v) is 7.56. The van der Waals surface area contributed by atoms with Gasteiger partial charge < -0.3 is 20.5 Å². The van der Waals surface area contributed by atoms with Gasteiger partial charge in [-0.1, -0.05) is 19.8 Å². The lowest BCUT2D eigenvalue weighted by atomic mass is 9.77. The van der Waals surface area contributed by atoms with Gasteiger partial charge in [0, 0.05) is 7.05 Å². The number of aliphatic hydroxyl groups excluding tert-OH is 1. The highest BCUT2D eigenvalue weighted by Crippen LogP contribution is 2.34. The van der Waals surface area contributed by atoms with Crippen LogP contribution in [0.4, 0.5) is 11.9 Å². The van der Waals surface area contributed by atoms with Gasteiger partial charge in [0.15, 0.2) is 0 Å². The third-order valence-corrected chi connectivity index (χ3v) is 3.88. The summed E-state index contributed by atoms with van der Waals surface area (Å²) >= 11 is 0. The molecule has 7 nitrogen and oxygen atoms in total. The normalized spacial score (nSPS) is 25.4. The van der Waals surface area contributed by atoms with Crippen LogP contribution in [0.3, 0.4) is 0 Å². The molecule has 0 radical (unpaired) electrons. The highest BCUT2D eigenvalue weighted by atomic mass is 16.5. The number of rotatable bonds is 6. The minimum Gasteiger partial charge on any atom is -0.464 e. The van der Waals surface area contributed by atoms with Gasteiger partial charge in [-0.2, -0.15) is 15.0 Å². The Morgan fingerprint density at radius 3 is 2.71 bits per heavy atom. The van der Waals surface area contributed by atoms with E-state index in [0.717, 1.165) is 19.3 Å². The van der Waals surface area contributed by atoms with Crippen molar-refractivity contribution in [1.29, 1.82) is 0 Å². The van der Waals surface area contributed by atoms with Gasteiger partial charge in [0.2, 0.25) is 11.9 Å². The van der Waals surface area contributed by atoms with Gasteiger partial charge >= 0.3 is 6.01 Å². The van der Waals surface area contributed by atoms with Crippen LogP contribution in [0.15, 0.2) is 0 Å². The lowest BCUT2D eigenvalue weighted by Gasteiger charge is -2.39. The average Bonchev–Trinajstić information content (AvgIpc) is 2.47. The zero-order chi connectivity index (χ0) is 15.3. The van der Waals surface area contributed by atoms with E-state index in [4.69, 9.17) is 4.74 Å². The predicted molar refractivity (Wildman–Crippen MR) is 81.6 cm³/mol. The maximum atomic E-state index is 9.84. The van der Waals surface area contributed by atoms with Crippen molar-refractivity contribution in [3.8, 4) is 6.01 Å². The Bertz CT molecular complexity index is 471. The van der Waals surface area contributed by atoms with Gasteiger partial charge in [-0.3, -0.25) is 0 Å². The molecule has 0 amide bonds. The molecule has 0 bridgehead atoms. The monoisotopic (exact) mass is 295 g/mol. The predicted octanol–water partition coefficient (Wildman–Crippen LogP) is 1.67. The van der Waals surface area contributed by atoms with Gasteiger partial charge in [-0.15, -0.1) is 0 Å². The molecule has 2 atom stereocenters. The largest absolute Gasteiger partial charge is 0.464 e. The van der Waals surface area contributed by atoms with Crippen LogP contribution < -0.4 is 15.4 Å². The van der Waals surface area contributed by atoms with Crippen molar-refractivity contribution in [2.75, 3.05) is 30.9 Å². The fraction of sp³-hybridized carbons (Fsp3) is 0.786. The van der Waals surface area contributed by atoms with Crippen molar-refractivity contribution in [2.24, 2.45) is 5.92 Å². The third kappa shape index (κ3) is 3.93. The molecule has 1 aliphatic carbocycles. The second kappa shape index (κ2) is 6.89. The molecule has 1 aromatic rings. The van der Waals surface area contributed by atoms with Crippen LogP contribution in [0.2, 0.25) is 0 Å². The van der Waals surface area contributed by atoms with E-state index in [1.165, 1.54) is 6.42 Å². The SMILES string of the molecule is CCOc1nc(NC)nc(NC2(CO)CCCC(C)C2)n1. The average molecular weight is 295 g/mol. The topological polar surface area (TPSA) is 92.2 Å². The first kappa shape index (κ1) is 15.8. The molecule has 1 aliphatic rings. The molecule has 7 heteroatoms. The van der Waals surface area contributed by atoms with Crippen LogP contribution in [0.5, 0.6) is 6.01 Å². The molecule has 1 saturated carbocycles. The molecular formula is C14H25N5O2. The second-order valence-corrected chi connectivity index (χ2v) is 5.71. The minimum absolute atomic E-state index is 0.0713. The standard InChI is InChI=1S/C14H25N5O2/c1-4-21-13-17-11(15-3)16-12(18-13)19-14(9-20)7-5-6-10(2)8-14/h10,20H,4-9H2,1-3H3,(H2,15,16,17,18,19). The van der Waals surface area contributed by atoms with E-state index >= 15 is 0 Å². The maximum absolute atomic E-state index is 9.84. The Labute approximate surface area is 125 Å². The highest BCUT2D eigenvalue weighted by Gasteiger charge is 2.35. The molecule has 118 valence electrons. The van der Waals surface area contributed by atoms with Crippen LogP contribution >= 0.6 is 0 Å². The van der Waals surface area contributed by atoms with Crippen molar-refractivity contribution >= 4 is 11.9 Å². The zero-order valence-corrected chi connectivity index (χ0v) is 13.0. The van der Waals surface area contributed by atoms with Crippen LogP contribution in [0.25, 0.3) is 0 Å². The van der Waals surface area contributed by atoms with Crippen LogP contribution in [-0.4, -0.2) is 45.9 Å². The summed E-state index contributed by atoms with van der Waals surface area (Å²) in [4.78, 5) is 12.7. The molecule has 0 saturated heterocycles. The number of hydrogen-bond donors (Lipinski definition) is 3. The Morgan fingerprint density at radius 2 is 2.10 bits per heavy atom. The summed E-state index contributed by atoms with van der Waals surface area (Å²) in [5.74, 6) is 1.48. The quantitative estimate of drug-likeness (QED) is 0.735. The summed E-state index contributed by atoms with van der Waals surface area (Å²) in [6.07, 6.45) is 4.12. The minimum atomic E-state index is -0.354. The van der Waals surface area contributed by atoms with Gasteiger partial charge in [0.1, 0.15) is 0 Å². The molecule has 2 rings (SSSR count). The van der Waals surface area contributed by atoms with E-state index in [9.17, 15) is 5.11 Å². The Hall–Kier alpha value is -1.63. The summed E-state index contributed by atoms with van der Waals surface area (Å²) in [6.45, 7) is 4.66. The summed E-state index contributed by atoms with van der Waals surface area (Å²) in [5, 5.41) is 16.1. The summed E-state index contributed by atoms with van der Waals surface area (Å²) in [7, 11) is 1.75. The van der Waals surface area contributed by atoms with Crippen LogP contribution in [-0.2, 0) is 0 Å². The third-order valence-electron chi connectivity index (χ3n) is 3.88. The first-order chi connectivity index (χ1) is 10.1. The van der Waals surface area contributed by atoms with Crippen molar-refractivity contribution in [3.63, 3.8) is 0 Å². The van der Waals surface area contributed by atoms with Crippen molar-refractivity contribution in [2.45, 2.75) is 45.1 Å². The molecule has 0 aliphatic heterocycles. The number of anilines is 2. The van der Waals surface area contributed by atoms with E-state index in [1.807, 2.05) is 6.92 Å². The molecule has 0 spiro atoms. The van der Waals surface area contributed by atoms with Crippen molar-refractivity contribution < 1.29 is 9.84 Å². The summed E-state index contributed by atoms with van der Waals surface area (Å²) in [5.41, 5.74) is -0.354. The molecule has 1 heterocycles. The van der Waals surface area contributed by atoms with E-state index in [-0.39, 0.29) is 18.2 Å². The Morgan fingerprint density at radius 1 is 1.33 bits per heavy atom. The molecule has 1 fully saturated rings. The number of nitrogens with one attached hydrogen (secondary N) is 2. The number of aromatic nitrogens is 3. The zero-order valence-electron chi connectivity index (χ0n) is 13.0. The lowest BCUT2D eigenvalue weighted by molar-refractivity contribution is 0.149. The van der Waals surface area contributed by atoms with Gasteiger partial charge in [-0.25, -0.2) is 0 Å². The molecule has 0 aromatic carbocycles. The highest BCUT2D eigenvalue weighted by molar-refractivity contribution is 5.38. The second-order valence-electron chi connectivity index (χ2n) is 5.71. The Kier molecular flexibility index (Phi) is 5.17. The number of hydrogen-bond acceptors (Lipinski definition) is 7. The molecule has 2 unspecified atom stereocenters.